The zero-order valence-electron chi connectivity index (χ0n) is 13.7. The summed E-state index contributed by atoms with van der Waals surface area (Å²) in [5, 5.41) is 0. The SMILES string of the molecule is COc1ccc(CN(C)C(CN)C2CCC(C)CC2)cc1. The van der Waals surface area contributed by atoms with Crippen molar-refractivity contribution < 1.29 is 4.74 Å². The van der Waals surface area contributed by atoms with Gasteiger partial charge in [-0.15, -0.1) is 0 Å². The second-order valence-electron chi connectivity index (χ2n) is 6.59. The van der Waals surface area contributed by atoms with Crippen LogP contribution >= 0.6 is 0 Å². The van der Waals surface area contributed by atoms with Gasteiger partial charge in [0.2, 0.25) is 0 Å². The van der Waals surface area contributed by atoms with Crippen molar-refractivity contribution in [2.45, 2.75) is 45.2 Å². The molecule has 1 atom stereocenters. The van der Waals surface area contributed by atoms with Crippen molar-refractivity contribution in [1.82, 2.24) is 4.90 Å². The van der Waals surface area contributed by atoms with E-state index in [-0.39, 0.29) is 0 Å². The van der Waals surface area contributed by atoms with Crippen molar-refractivity contribution >= 4 is 0 Å². The Morgan fingerprint density at radius 2 is 1.81 bits per heavy atom. The molecule has 0 radical (unpaired) electrons. The summed E-state index contributed by atoms with van der Waals surface area (Å²) in [7, 11) is 3.91. The van der Waals surface area contributed by atoms with Crippen molar-refractivity contribution in [3.05, 3.63) is 29.8 Å². The molecule has 1 aromatic carbocycles. The fraction of sp³-hybridized carbons (Fsp3) is 0.667. The van der Waals surface area contributed by atoms with E-state index in [0.29, 0.717) is 6.04 Å². The summed E-state index contributed by atoms with van der Waals surface area (Å²) in [4.78, 5) is 2.43. The topological polar surface area (TPSA) is 38.5 Å². The van der Waals surface area contributed by atoms with E-state index in [2.05, 4.69) is 31.0 Å². The predicted molar refractivity (Wildman–Crippen MR) is 88.4 cm³/mol. The maximum atomic E-state index is 6.08. The van der Waals surface area contributed by atoms with Gasteiger partial charge in [-0.05, 0) is 49.4 Å². The van der Waals surface area contributed by atoms with E-state index in [0.717, 1.165) is 30.7 Å². The van der Waals surface area contributed by atoms with Crippen molar-refractivity contribution in [3.8, 4) is 5.75 Å². The number of nitrogens with zero attached hydrogens (tertiary/aromatic N) is 1. The van der Waals surface area contributed by atoms with Crippen LogP contribution in [0.4, 0.5) is 0 Å². The number of benzene rings is 1. The molecule has 1 aliphatic carbocycles. The standard InChI is InChI=1S/C18H30N2O/c1-14-4-8-16(9-5-14)18(12-19)20(2)13-15-6-10-17(21-3)11-7-15/h6-7,10-11,14,16,18H,4-5,8-9,12-13,19H2,1-3H3. The third kappa shape index (κ3) is 4.45. The molecular weight excluding hydrogens is 260 g/mol. The van der Waals surface area contributed by atoms with Crippen LogP contribution in [-0.2, 0) is 6.54 Å². The highest BCUT2D eigenvalue weighted by Crippen LogP contribution is 2.32. The van der Waals surface area contributed by atoms with Gasteiger partial charge >= 0.3 is 0 Å². The van der Waals surface area contributed by atoms with Gasteiger partial charge in [0, 0.05) is 19.1 Å². The van der Waals surface area contributed by atoms with Gasteiger partial charge in [-0.3, -0.25) is 4.90 Å². The van der Waals surface area contributed by atoms with Gasteiger partial charge < -0.3 is 10.5 Å². The van der Waals surface area contributed by atoms with Crippen molar-refractivity contribution in [2.24, 2.45) is 17.6 Å². The molecule has 0 bridgehead atoms. The number of hydrogen-bond donors (Lipinski definition) is 1. The summed E-state index contributed by atoms with van der Waals surface area (Å²) in [6.45, 7) is 4.08. The Kier molecular flexibility index (Phi) is 6.07. The second kappa shape index (κ2) is 7.81. The van der Waals surface area contributed by atoms with Crippen molar-refractivity contribution in [3.63, 3.8) is 0 Å². The fourth-order valence-corrected chi connectivity index (χ4v) is 3.54. The Hall–Kier alpha value is -1.06. The molecule has 1 fully saturated rings. The van der Waals surface area contributed by atoms with Crippen LogP contribution in [0, 0.1) is 11.8 Å². The highest BCUT2D eigenvalue weighted by Gasteiger charge is 2.27. The first-order valence-corrected chi connectivity index (χ1v) is 8.17. The zero-order chi connectivity index (χ0) is 15.2. The first kappa shape index (κ1) is 16.3. The van der Waals surface area contributed by atoms with E-state index < -0.39 is 0 Å². The maximum absolute atomic E-state index is 6.08. The molecule has 21 heavy (non-hydrogen) atoms. The molecule has 2 rings (SSSR count). The number of methoxy groups -OCH3 is 1. The minimum absolute atomic E-state index is 0.500. The molecule has 0 heterocycles. The molecule has 0 aliphatic heterocycles. The number of likely N-dealkylation sites (N-methyl/N-ethyl adjacent to an activating group) is 1. The van der Waals surface area contributed by atoms with Crippen LogP contribution in [0.25, 0.3) is 0 Å². The van der Waals surface area contributed by atoms with Gasteiger partial charge in [-0.1, -0.05) is 31.9 Å². The third-order valence-corrected chi connectivity index (χ3v) is 5.00. The minimum atomic E-state index is 0.500. The smallest absolute Gasteiger partial charge is 0.118 e. The van der Waals surface area contributed by atoms with Crippen LogP contribution in [0.2, 0.25) is 0 Å². The number of rotatable bonds is 6. The Morgan fingerprint density at radius 3 is 2.33 bits per heavy atom. The van der Waals surface area contributed by atoms with Crippen molar-refractivity contribution in [2.75, 3.05) is 20.7 Å². The Bertz CT molecular complexity index is 410. The normalized spacial score (nSPS) is 24.0. The Labute approximate surface area is 129 Å². The summed E-state index contributed by atoms with van der Waals surface area (Å²) in [6.07, 6.45) is 5.38. The third-order valence-electron chi connectivity index (χ3n) is 5.00. The number of nitrogens with two attached hydrogens (primary N) is 1. The molecule has 1 aliphatic rings. The molecule has 1 aromatic rings. The summed E-state index contributed by atoms with van der Waals surface area (Å²) < 4.78 is 5.21. The monoisotopic (exact) mass is 290 g/mol. The highest BCUT2D eigenvalue weighted by molar-refractivity contribution is 5.27. The van der Waals surface area contributed by atoms with Crippen LogP contribution in [0.15, 0.2) is 24.3 Å². The fourth-order valence-electron chi connectivity index (χ4n) is 3.54. The average molecular weight is 290 g/mol. The molecular formula is C18H30N2O. The van der Waals surface area contributed by atoms with Crippen LogP contribution in [-0.4, -0.2) is 31.6 Å². The van der Waals surface area contributed by atoms with E-state index in [4.69, 9.17) is 10.5 Å². The lowest BCUT2D eigenvalue weighted by atomic mass is 9.79. The van der Waals surface area contributed by atoms with Gasteiger partial charge in [-0.25, -0.2) is 0 Å². The zero-order valence-corrected chi connectivity index (χ0v) is 13.7. The Balaban J connectivity index is 1.94. The van der Waals surface area contributed by atoms with Gasteiger partial charge in [0.25, 0.3) is 0 Å². The molecule has 118 valence electrons. The summed E-state index contributed by atoms with van der Waals surface area (Å²) >= 11 is 0. The molecule has 3 heteroatoms. The van der Waals surface area contributed by atoms with Crippen molar-refractivity contribution in [1.29, 1.82) is 0 Å². The Morgan fingerprint density at radius 1 is 1.19 bits per heavy atom. The molecule has 2 N–H and O–H groups in total. The van der Waals surface area contributed by atoms with Gasteiger partial charge in [0.1, 0.15) is 5.75 Å². The van der Waals surface area contributed by atoms with E-state index in [9.17, 15) is 0 Å². The predicted octanol–water partition coefficient (Wildman–Crippen LogP) is 3.28. The van der Waals surface area contributed by atoms with Gasteiger partial charge in [0.05, 0.1) is 7.11 Å². The highest BCUT2D eigenvalue weighted by atomic mass is 16.5. The van der Waals surface area contributed by atoms with Crippen LogP contribution in [0.1, 0.15) is 38.2 Å². The number of ether oxygens (including phenoxy) is 1. The maximum Gasteiger partial charge on any atom is 0.118 e. The summed E-state index contributed by atoms with van der Waals surface area (Å²) in [6, 6.07) is 8.85. The van der Waals surface area contributed by atoms with E-state index in [1.165, 1.54) is 31.2 Å². The first-order chi connectivity index (χ1) is 10.1. The van der Waals surface area contributed by atoms with Crippen LogP contribution in [0.5, 0.6) is 5.75 Å². The van der Waals surface area contributed by atoms with Crippen LogP contribution in [0.3, 0.4) is 0 Å². The van der Waals surface area contributed by atoms with Gasteiger partial charge in [0.15, 0.2) is 0 Å². The largest absolute Gasteiger partial charge is 0.497 e. The minimum Gasteiger partial charge on any atom is -0.497 e. The van der Waals surface area contributed by atoms with E-state index in [1.54, 1.807) is 7.11 Å². The first-order valence-electron chi connectivity index (χ1n) is 8.17. The molecule has 0 amide bonds. The van der Waals surface area contributed by atoms with Crippen LogP contribution < -0.4 is 10.5 Å². The average Bonchev–Trinajstić information content (AvgIpc) is 2.50. The second-order valence-corrected chi connectivity index (χ2v) is 6.59. The molecule has 3 nitrogen and oxygen atoms in total. The molecule has 0 spiro atoms. The van der Waals surface area contributed by atoms with E-state index in [1.807, 2.05) is 12.1 Å². The van der Waals surface area contributed by atoms with Gasteiger partial charge in [-0.2, -0.15) is 0 Å². The number of hydrogen-bond acceptors (Lipinski definition) is 3. The molecule has 1 unspecified atom stereocenters. The lowest BCUT2D eigenvalue weighted by Crippen LogP contribution is -2.44. The van der Waals surface area contributed by atoms with E-state index >= 15 is 0 Å². The summed E-state index contributed by atoms with van der Waals surface area (Å²) in [5.74, 6) is 2.57. The lowest BCUT2D eigenvalue weighted by Gasteiger charge is -2.37. The quantitative estimate of drug-likeness (QED) is 0.874. The molecule has 0 saturated heterocycles. The molecule has 0 aromatic heterocycles. The lowest BCUT2D eigenvalue weighted by molar-refractivity contribution is 0.130. The summed E-state index contributed by atoms with van der Waals surface area (Å²) in [5.41, 5.74) is 7.40. The molecule has 1 saturated carbocycles.